The Morgan fingerprint density at radius 3 is 2.00 bits per heavy atom. The molecule has 0 radical (unpaired) electrons. The molecule has 2 aliphatic carbocycles. The minimum absolute atomic E-state index is 0.00927. The number of carbonyl (C=O) groups is 1. The summed E-state index contributed by atoms with van der Waals surface area (Å²) in [5.41, 5.74) is 0. The number of ether oxygens (including phenoxy) is 1. The van der Waals surface area contributed by atoms with Crippen molar-refractivity contribution in [3.63, 3.8) is 0 Å². The standard InChI is InChI=1S/C15H26O3/c1-2-18-15(17)13-5-3-11(4-6-13)12-7-9-14(16)10-8-12/h11-14,16H,2-10H2,1H3. The van der Waals surface area contributed by atoms with E-state index in [0.29, 0.717) is 6.61 Å². The van der Waals surface area contributed by atoms with E-state index in [1.54, 1.807) is 0 Å². The monoisotopic (exact) mass is 254 g/mol. The number of carbonyl (C=O) groups excluding carboxylic acids is 1. The van der Waals surface area contributed by atoms with Crippen molar-refractivity contribution in [1.29, 1.82) is 0 Å². The first-order valence-corrected chi connectivity index (χ1v) is 7.55. The molecular weight excluding hydrogens is 228 g/mol. The van der Waals surface area contributed by atoms with Crippen LogP contribution < -0.4 is 0 Å². The Morgan fingerprint density at radius 2 is 1.50 bits per heavy atom. The van der Waals surface area contributed by atoms with Gasteiger partial charge in [-0.2, -0.15) is 0 Å². The van der Waals surface area contributed by atoms with Gasteiger partial charge in [0.05, 0.1) is 18.6 Å². The van der Waals surface area contributed by atoms with Crippen molar-refractivity contribution in [2.45, 2.75) is 64.4 Å². The zero-order valence-corrected chi connectivity index (χ0v) is 11.4. The van der Waals surface area contributed by atoms with Gasteiger partial charge in [-0.15, -0.1) is 0 Å². The van der Waals surface area contributed by atoms with Gasteiger partial charge < -0.3 is 9.84 Å². The quantitative estimate of drug-likeness (QED) is 0.788. The average molecular weight is 254 g/mol. The summed E-state index contributed by atoms with van der Waals surface area (Å²) < 4.78 is 5.10. The lowest BCUT2D eigenvalue weighted by Crippen LogP contribution is -2.30. The smallest absolute Gasteiger partial charge is 0.308 e. The Bertz CT molecular complexity index is 261. The SMILES string of the molecule is CCOC(=O)C1CCC(C2CCC(O)CC2)CC1. The second-order valence-corrected chi connectivity index (χ2v) is 5.93. The Labute approximate surface area is 110 Å². The van der Waals surface area contributed by atoms with E-state index in [-0.39, 0.29) is 18.0 Å². The summed E-state index contributed by atoms with van der Waals surface area (Å²) >= 11 is 0. The van der Waals surface area contributed by atoms with Crippen LogP contribution in [0.2, 0.25) is 0 Å². The van der Waals surface area contributed by atoms with Crippen LogP contribution in [0.15, 0.2) is 0 Å². The zero-order chi connectivity index (χ0) is 13.0. The summed E-state index contributed by atoms with van der Waals surface area (Å²) in [7, 11) is 0. The summed E-state index contributed by atoms with van der Waals surface area (Å²) in [6, 6.07) is 0. The summed E-state index contributed by atoms with van der Waals surface area (Å²) in [6.45, 7) is 2.37. The first-order valence-electron chi connectivity index (χ1n) is 7.55. The second kappa shape index (κ2) is 6.55. The summed E-state index contributed by atoms with van der Waals surface area (Å²) in [5, 5.41) is 9.54. The number of rotatable bonds is 3. The van der Waals surface area contributed by atoms with Crippen molar-refractivity contribution >= 4 is 5.97 Å². The number of aliphatic hydroxyl groups excluding tert-OH is 1. The topological polar surface area (TPSA) is 46.5 Å². The fourth-order valence-corrected chi connectivity index (χ4v) is 3.66. The zero-order valence-electron chi connectivity index (χ0n) is 11.4. The van der Waals surface area contributed by atoms with Crippen LogP contribution in [0.25, 0.3) is 0 Å². The van der Waals surface area contributed by atoms with Gasteiger partial charge in [-0.3, -0.25) is 4.79 Å². The lowest BCUT2D eigenvalue weighted by Gasteiger charge is -2.36. The second-order valence-electron chi connectivity index (χ2n) is 5.93. The lowest BCUT2D eigenvalue weighted by atomic mass is 9.70. The molecule has 0 heterocycles. The van der Waals surface area contributed by atoms with Gasteiger partial charge in [0.1, 0.15) is 0 Å². The van der Waals surface area contributed by atoms with E-state index in [1.165, 1.54) is 25.7 Å². The molecule has 0 saturated heterocycles. The van der Waals surface area contributed by atoms with Gasteiger partial charge in [-0.05, 0) is 70.1 Å². The molecule has 2 aliphatic rings. The molecular formula is C15H26O3. The van der Waals surface area contributed by atoms with Gasteiger partial charge >= 0.3 is 5.97 Å². The highest BCUT2D eigenvalue weighted by Gasteiger charge is 2.32. The molecule has 0 aliphatic heterocycles. The molecule has 0 amide bonds. The third kappa shape index (κ3) is 3.47. The van der Waals surface area contributed by atoms with E-state index in [9.17, 15) is 9.90 Å². The highest BCUT2D eigenvalue weighted by Crippen LogP contribution is 2.40. The third-order valence-corrected chi connectivity index (χ3v) is 4.80. The predicted molar refractivity (Wildman–Crippen MR) is 70.0 cm³/mol. The van der Waals surface area contributed by atoms with Gasteiger partial charge in [0.2, 0.25) is 0 Å². The minimum atomic E-state index is -0.0582. The maximum absolute atomic E-state index is 11.7. The molecule has 0 aromatic heterocycles. The molecule has 2 rings (SSSR count). The van der Waals surface area contributed by atoms with E-state index in [0.717, 1.165) is 37.5 Å². The van der Waals surface area contributed by atoms with Crippen LogP contribution in [-0.4, -0.2) is 23.8 Å². The van der Waals surface area contributed by atoms with E-state index in [4.69, 9.17) is 4.74 Å². The minimum Gasteiger partial charge on any atom is -0.466 e. The fraction of sp³-hybridized carbons (Fsp3) is 0.933. The predicted octanol–water partition coefficient (Wildman–Crippen LogP) is 2.91. The molecule has 0 aromatic rings. The molecule has 18 heavy (non-hydrogen) atoms. The summed E-state index contributed by atoms with van der Waals surface area (Å²) in [4.78, 5) is 11.7. The number of esters is 1. The van der Waals surface area contributed by atoms with Gasteiger partial charge in [-0.1, -0.05) is 0 Å². The molecule has 2 saturated carbocycles. The normalized spacial score (nSPS) is 37.2. The molecule has 104 valence electrons. The Balaban J connectivity index is 1.74. The summed E-state index contributed by atoms with van der Waals surface area (Å²) in [6.07, 6.45) is 8.59. The third-order valence-electron chi connectivity index (χ3n) is 4.80. The molecule has 3 nitrogen and oxygen atoms in total. The Hall–Kier alpha value is -0.570. The van der Waals surface area contributed by atoms with Crippen molar-refractivity contribution in [3.8, 4) is 0 Å². The maximum Gasteiger partial charge on any atom is 0.308 e. The van der Waals surface area contributed by atoms with Crippen LogP contribution in [0.4, 0.5) is 0 Å². The van der Waals surface area contributed by atoms with Crippen molar-refractivity contribution in [3.05, 3.63) is 0 Å². The summed E-state index contributed by atoms with van der Waals surface area (Å²) in [5.74, 6) is 1.73. The van der Waals surface area contributed by atoms with Gasteiger partial charge in [0.15, 0.2) is 0 Å². The molecule has 0 atom stereocenters. The molecule has 0 bridgehead atoms. The van der Waals surface area contributed by atoms with Gasteiger partial charge in [0, 0.05) is 0 Å². The Morgan fingerprint density at radius 1 is 1.00 bits per heavy atom. The van der Waals surface area contributed by atoms with E-state index in [1.807, 2.05) is 6.92 Å². The molecule has 0 aromatic carbocycles. The number of hydrogen-bond donors (Lipinski definition) is 1. The van der Waals surface area contributed by atoms with Crippen LogP contribution in [0, 0.1) is 17.8 Å². The van der Waals surface area contributed by atoms with Crippen LogP contribution in [0.5, 0.6) is 0 Å². The number of hydrogen-bond acceptors (Lipinski definition) is 3. The van der Waals surface area contributed by atoms with Gasteiger partial charge in [-0.25, -0.2) is 0 Å². The van der Waals surface area contributed by atoms with Crippen molar-refractivity contribution in [2.24, 2.45) is 17.8 Å². The van der Waals surface area contributed by atoms with Crippen LogP contribution in [0.3, 0.4) is 0 Å². The fourth-order valence-electron chi connectivity index (χ4n) is 3.66. The van der Waals surface area contributed by atoms with Gasteiger partial charge in [0.25, 0.3) is 0 Å². The molecule has 0 spiro atoms. The highest BCUT2D eigenvalue weighted by molar-refractivity contribution is 5.72. The van der Waals surface area contributed by atoms with Crippen LogP contribution >= 0.6 is 0 Å². The van der Waals surface area contributed by atoms with E-state index >= 15 is 0 Å². The lowest BCUT2D eigenvalue weighted by molar-refractivity contribution is -0.149. The van der Waals surface area contributed by atoms with Crippen LogP contribution in [-0.2, 0) is 9.53 Å². The van der Waals surface area contributed by atoms with E-state index < -0.39 is 0 Å². The van der Waals surface area contributed by atoms with Crippen molar-refractivity contribution in [2.75, 3.05) is 6.61 Å². The first-order chi connectivity index (χ1) is 8.70. The first kappa shape index (κ1) is 13.9. The highest BCUT2D eigenvalue weighted by atomic mass is 16.5. The molecule has 3 heteroatoms. The van der Waals surface area contributed by atoms with Crippen molar-refractivity contribution in [1.82, 2.24) is 0 Å². The Kier molecular flexibility index (Phi) is 5.04. The molecule has 0 unspecified atom stereocenters. The largest absolute Gasteiger partial charge is 0.466 e. The molecule has 2 fully saturated rings. The number of aliphatic hydroxyl groups is 1. The molecule has 1 N–H and O–H groups in total. The average Bonchev–Trinajstić information content (AvgIpc) is 2.40. The van der Waals surface area contributed by atoms with Crippen molar-refractivity contribution < 1.29 is 14.6 Å². The maximum atomic E-state index is 11.7. The van der Waals surface area contributed by atoms with E-state index in [2.05, 4.69) is 0 Å². The van der Waals surface area contributed by atoms with Crippen LogP contribution in [0.1, 0.15) is 58.3 Å².